The van der Waals surface area contributed by atoms with Crippen LogP contribution in [0.15, 0.2) is 72.8 Å². The maximum Gasteiger partial charge on any atom is 0.255 e. The average molecular weight is 331 g/mol. The first-order valence-electron chi connectivity index (χ1n) is 8.27. The van der Waals surface area contributed by atoms with E-state index >= 15 is 0 Å². The Morgan fingerprint density at radius 3 is 2.32 bits per heavy atom. The van der Waals surface area contributed by atoms with Gasteiger partial charge in [0, 0.05) is 11.3 Å². The molecule has 0 aromatic heterocycles. The van der Waals surface area contributed by atoms with Crippen molar-refractivity contribution in [3.05, 3.63) is 95.1 Å². The molecule has 0 aliphatic carbocycles. The average Bonchev–Trinajstić information content (AvgIpc) is 2.62. The summed E-state index contributed by atoms with van der Waals surface area (Å²) in [5, 5.41) is 2.93. The maximum absolute atomic E-state index is 12.4. The smallest absolute Gasteiger partial charge is 0.255 e. The minimum atomic E-state index is -0.101. The highest BCUT2D eigenvalue weighted by Crippen LogP contribution is 2.19. The summed E-state index contributed by atoms with van der Waals surface area (Å²) in [4.78, 5) is 12.4. The molecule has 25 heavy (non-hydrogen) atoms. The van der Waals surface area contributed by atoms with Crippen LogP contribution in [0.25, 0.3) is 0 Å². The predicted octanol–water partition coefficient (Wildman–Crippen LogP) is 5.13. The SMILES string of the molecule is Cc1ccc(C(=O)Nc2ccc(OCc3ccccc3)cc2)c(C)c1. The van der Waals surface area contributed by atoms with Gasteiger partial charge in [-0.2, -0.15) is 0 Å². The number of carbonyl (C=O) groups is 1. The van der Waals surface area contributed by atoms with Crippen molar-refractivity contribution in [3.8, 4) is 5.75 Å². The number of aryl methyl sites for hydroxylation is 2. The molecule has 1 amide bonds. The van der Waals surface area contributed by atoms with Crippen LogP contribution in [0.5, 0.6) is 5.75 Å². The van der Waals surface area contributed by atoms with Crippen molar-refractivity contribution in [2.45, 2.75) is 20.5 Å². The van der Waals surface area contributed by atoms with Gasteiger partial charge in [-0.1, -0.05) is 48.0 Å². The van der Waals surface area contributed by atoms with Crippen LogP contribution in [-0.4, -0.2) is 5.91 Å². The van der Waals surface area contributed by atoms with Crippen molar-refractivity contribution in [3.63, 3.8) is 0 Å². The molecule has 126 valence electrons. The standard InChI is InChI=1S/C22H21NO2/c1-16-8-13-21(17(2)14-16)22(24)23-19-9-11-20(12-10-19)25-15-18-6-4-3-5-7-18/h3-14H,15H2,1-2H3,(H,23,24). The largest absolute Gasteiger partial charge is 0.489 e. The molecule has 3 aromatic carbocycles. The molecule has 0 saturated carbocycles. The number of amides is 1. The first-order valence-corrected chi connectivity index (χ1v) is 8.27. The molecule has 0 fully saturated rings. The molecule has 0 bridgehead atoms. The summed E-state index contributed by atoms with van der Waals surface area (Å²) >= 11 is 0. The van der Waals surface area contributed by atoms with Gasteiger partial charge >= 0.3 is 0 Å². The summed E-state index contributed by atoms with van der Waals surface area (Å²) in [7, 11) is 0. The fourth-order valence-electron chi connectivity index (χ4n) is 2.64. The van der Waals surface area contributed by atoms with E-state index in [-0.39, 0.29) is 5.91 Å². The van der Waals surface area contributed by atoms with Crippen molar-refractivity contribution in [2.75, 3.05) is 5.32 Å². The molecule has 0 radical (unpaired) electrons. The van der Waals surface area contributed by atoms with E-state index in [1.165, 1.54) is 0 Å². The van der Waals surface area contributed by atoms with E-state index in [1.54, 1.807) is 0 Å². The number of ether oxygens (including phenoxy) is 1. The van der Waals surface area contributed by atoms with Crippen molar-refractivity contribution in [2.24, 2.45) is 0 Å². The zero-order valence-corrected chi connectivity index (χ0v) is 14.5. The minimum absolute atomic E-state index is 0.101. The highest BCUT2D eigenvalue weighted by Gasteiger charge is 2.09. The van der Waals surface area contributed by atoms with Gasteiger partial charge in [0.25, 0.3) is 5.91 Å². The van der Waals surface area contributed by atoms with E-state index in [4.69, 9.17) is 4.74 Å². The first-order chi connectivity index (χ1) is 12.1. The van der Waals surface area contributed by atoms with E-state index in [1.807, 2.05) is 86.6 Å². The molecule has 0 spiro atoms. The van der Waals surface area contributed by atoms with Crippen LogP contribution in [0.4, 0.5) is 5.69 Å². The number of rotatable bonds is 5. The lowest BCUT2D eigenvalue weighted by Gasteiger charge is -2.10. The molecule has 3 aromatic rings. The summed E-state index contributed by atoms with van der Waals surface area (Å²) in [6.07, 6.45) is 0. The van der Waals surface area contributed by atoms with Crippen LogP contribution in [0.2, 0.25) is 0 Å². The van der Waals surface area contributed by atoms with E-state index < -0.39 is 0 Å². The van der Waals surface area contributed by atoms with E-state index in [2.05, 4.69) is 5.32 Å². The topological polar surface area (TPSA) is 38.3 Å². The van der Waals surface area contributed by atoms with Crippen LogP contribution in [-0.2, 0) is 6.61 Å². The number of carbonyl (C=O) groups excluding carboxylic acids is 1. The fourth-order valence-corrected chi connectivity index (χ4v) is 2.64. The third-order valence-electron chi connectivity index (χ3n) is 3.99. The van der Waals surface area contributed by atoms with Crippen molar-refractivity contribution in [1.29, 1.82) is 0 Å². The molecular formula is C22H21NO2. The zero-order valence-electron chi connectivity index (χ0n) is 14.5. The van der Waals surface area contributed by atoms with E-state index in [0.717, 1.165) is 28.1 Å². The molecule has 1 N–H and O–H groups in total. The van der Waals surface area contributed by atoms with Crippen LogP contribution in [0.1, 0.15) is 27.0 Å². The number of benzene rings is 3. The van der Waals surface area contributed by atoms with E-state index in [0.29, 0.717) is 12.2 Å². The second-order valence-corrected chi connectivity index (χ2v) is 6.07. The van der Waals surface area contributed by atoms with Gasteiger partial charge in [-0.15, -0.1) is 0 Å². The van der Waals surface area contributed by atoms with Gasteiger partial charge < -0.3 is 10.1 Å². The Hall–Kier alpha value is -3.07. The Balaban J connectivity index is 1.61. The molecule has 0 heterocycles. The molecule has 0 saturated heterocycles. The van der Waals surface area contributed by atoms with Gasteiger partial charge in [0.05, 0.1) is 0 Å². The van der Waals surface area contributed by atoms with Crippen molar-refractivity contribution in [1.82, 2.24) is 0 Å². The Morgan fingerprint density at radius 2 is 1.64 bits per heavy atom. The van der Waals surface area contributed by atoms with Gasteiger partial charge in [0.2, 0.25) is 0 Å². The summed E-state index contributed by atoms with van der Waals surface area (Å²) in [6, 6.07) is 23.3. The summed E-state index contributed by atoms with van der Waals surface area (Å²) in [5.41, 5.74) is 4.68. The molecule has 3 rings (SSSR count). The molecule has 0 aliphatic heterocycles. The van der Waals surface area contributed by atoms with Gasteiger partial charge in [-0.25, -0.2) is 0 Å². The second kappa shape index (κ2) is 7.67. The van der Waals surface area contributed by atoms with E-state index in [9.17, 15) is 4.79 Å². The van der Waals surface area contributed by atoms with Gasteiger partial charge in [0.15, 0.2) is 0 Å². The van der Waals surface area contributed by atoms with Crippen LogP contribution in [0.3, 0.4) is 0 Å². The Bertz CT molecular complexity index is 855. The summed E-state index contributed by atoms with van der Waals surface area (Å²) in [5.74, 6) is 0.670. The highest BCUT2D eigenvalue weighted by molar-refractivity contribution is 6.05. The molecule has 0 atom stereocenters. The Labute approximate surface area is 148 Å². The van der Waals surface area contributed by atoms with Crippen LogP contribution < -0.4 is 10.1 Å². The highest BCUT2D eigenvalue weighted by atomic mass is 16.5. The molecule has 3 nitrogen and oxygen atoms in total. The molecule has 0 unspecified atom stereocenters. The Morgan fingerprint density at radius 1 is 0.920 bits per heavy atom. The Kier molecular flexibility index (Phi) is 5.14. The number of hydrogen-bond donors (Lipinski definition) is 1. The second-order valence-electron chi connectivity index (χ2n) is 6.07. The zero-order chi connectivity index (χ0) is 17.6. The molecule has 0 aliphatic rings. The predicted molar refractivity (Wildman–Crippen MR) is 101 cm³/mol. The van der Waals surface area contributed by atoms with Crippen molar-refractivity contribution < 1.29 is 9.53 Å². The lowest BCUT2D eigenvalue weighted by atomic mass is 10.1. The summed E-state index contributed by atoms with van der Waals surface area (Å²) in [6.45, 7) is 4.49. The lowest BCUT2D eigenvalue weighted by Crippen LogP contribution is -2.13. The number of hydrogen-bond acceptors (Lipinski definition) is 2. The number of nitrogens with one attached hydrogen (secondary N) is 1. The normalized spacial score (nSPS) is 10.3. The fraction of sp³-hybridized carbons (Fsp3) is 0.136. The third-order valence-corrected chi connectivity index (χ3v) is 3.99. The first kappa shape index (κ1) is 16.8. The molecular weight excluding hydrogens is 310 g/mol. The number of anilines is 1. The third kappa shape index (κ3) is 4.48. The van der Waals surface area contributed by atoms with Gasteiger partial charge in [0.1, 0.15) is 12.4 Å². The maximum atomic E-state index is 12.4. The van der Waals surface area contributed by atoms with Gasteiger partial charge in [-0.05, 0) is 55.3 Å². The molecule has 3 heteroatoms. The van der Waals surface area contributed by atoms with Crippen LogP contribution >= 0.6 is 0 Å². The minimum Gasteiger partial charge on any atom is -0.489 e. The van der Waals surface area contributed by atoms with Crippen LogP contribution in [0, 0.1) is 13.8 Å². The van der Waals surface area contributed by atoms with Gasteiger partial charge in [-0.3, -0.25) is 4.79 Å². The summed E-state index contributed by atoms with van der Waals surface area (Å²) < 4.78 is 5.76. The monoisotopic (exact) mass is 331 g/mol. The quantitative estimate of drug-likeness (QED) is 0.703. The lowest BCUT2D eigenvalue weighted by molar-refractivity contribution is 0.102. The van der Waals surface area contributed by atoms with Crippen molar-refractivity contribution >= 4 is 11.6 Å².